The van der Waals surface area contributed by atoms with Gasteiger partial charge in [-0.25, -0.2) is 0 Å². The van der Waals surface area contributed by atoms with Crippen molar-refractivity contribution < 1.29 is 4.79 Å². The van der Waals surface area contributed by atoms with E-state index in [0.29, 0.717) is 5.91 Å². The van der Waals surface area contributed by atoms with Crippen LogP contribution in [0.4, 0.5) is 0 Å². The third-order valence-electron chi connectivity index (χ3n) is 2.52. The number of amides is 1. The standard InChI is InChI=1S/C10H19NO/c1-8-6-5-7-11(9(8)12)10(2,3)4/h8H,5-7H2,1-4H3/t8-/m0/s1. The summed E-state index contributed by atoms with van der Waals surface area (Å²) in [5.74, 6) is 0.562. The van der Waals surface area contributed by atoms with Crippen LogP contribution in [0.3, 0.4) is 0 Å². The fraction of sp³-hybridized carbons (Fsp3) is 0.900. The summed E-state index contributed by atoms with van der Waals surface area (Å²) in [5.41, 5.74) is 0.00572. The molecule has 70 valence electrons. The van der Waals surface area contributed by atoms with Gasteiger partial charge in [0.2, 0.25) is 5.91 Å². The molecule has 0 aromatic carbocycles. The predicted molar refractivity (Wildman–Crippen MR) is 49.9 cm³/mol. The van der Waals surface area contributed by atoms with E-state index in [1.54, 1.807) is 0 Å². The zero-order valence-corrected chi connectivity index (χ0v) is 8.55. The van der Waals surface area contributed by atoms with Crippen LogP contribution in [0.1, 0.15) is 40.5 Å². The van der Waals surface area contributed by atoms with E-state index in [1.807, 2.05) is 11.8 Å². The molecule has 0 aromatic heterocycles. The number of likely N-dealkylation sites (tertiary alicyclic amines) is 1. The Labute approximate surface area is 74.9 Å². The van der Waals surface area contributed by atoms with Crippen molar-refractivity contribution in [2.75, 3.05) is 6.54 Å². The van der Waals surface area contributed by atoms with Crippen molar-refractivity contribution in [3.05, 3.63) is 0 Å². The summed E-state index contributed by atoms with van der Waals surface area (Å²) < 4.78 is 0. The second-order valence-electron chi connectivity index (χ2n) is 4.70. The maximum absolute atomic E-state index is 11.7. The molecule has 0 saturated carbocycles. The number of piperidine rings is 1. The number of hydrogen-bond acceptors (Lipinski definition) is 1. The summed E-state index contributed by atoms with van der Waals surface area (Å²) in [5, 5.41) is 0. The van der Waals surface area contributed by atoms with E-state index < -0.39 is 0 Å². The fourth-order valence-electron chi connectivity index (χ4n) is 1.72. The zero-order chi connectivity index (χ0) is 9.35. The average Bonchev–Trinajstić information content (AvgIpc) is 1.92. The van der Waals surface area contributed by atoms with Gasteiger partial charge in [-0.2, -0.15) is 0 Å². The molecule has 1 saturated heterocycles. The van der Waals surface area contributed by atoms with Gasteiger partial charge in [-0.05, 0) is 33.6 Å². The van der Waals surface area contributed by atoms with Gasteiger partial charge in [0, 0.05) is 18.0 Å². The van der Waals surface area contributed by atoms with E-state index in [2.05, 4.69) is 20.8 Å². The Morgan fingerprint density at radius 1 is 1.42 bits per heavy atom. The third kappa shape index (κ3) is 1.79. The van der Waals surface area contributed by atoms with E-state index in [9.17, 15) is 4.79 Å². The minimum atomic E-state index is 0.00572. The molecule has 2 nitrogen and oxygen atoms in total. The van der Waals surface area contributed by atoms with Crippen LogP contribution >= 0.6 is 0 Å². The lowest BCUT2D eigenvalue weighted by Gasteiger charge is -2.40. The second kappa shape index (κ2) is 3.08. The maximum Gasteiger partial charge on any atom is 0.225 e. The SMILES string of the molecule is C[C@H]1CCCN(C(C)(C)C)C1=O. The molecule has 1 rings (SSSR count). The monoisotopic (exact) mass is 169 g/mol. The summed E-state index contributed by atoms with van der Waals surface area (Å²) in [6.07, 6.45) is 2.22. The molecule has 1 aliphatic heterocycles. The summed E-state index contributed by atoms with van der Waals surface area (Å²) in [6, 6.07) is 0. The molecule has 0 spiro atoms. The molecular formula is C10H19NO. The highest BCUT2D eigenvalue weighted by molar-refractivity contribution is 5.79. The van der Waals surface area contributed by atoms with Crippen LogP contribution in [0.2, 0.25) is 0 Å². The number of nitrogens with zero attached hydrogens (tertiary/aromatic N) is 1. The fourth-order valence-corrected chi connectivity index (χ4v) is 1.72. The molecular weight excluding hydrogens is 150 g/mol. The van der Waals surface area contributed by atoms with Gasteiger partial charge in [0.15, 0.2) is 0 Å². The van der Waals surface area contributed by atoms with Gasteiger partial charge in [-0.3, -0.25) is 4.79 Å². The van der Waals surface area contributed by atoms with E-state index in [4.69, 9.17) is 0 Å². The Morgan fingerprint density at radius 2 is 2.00 bits per heavy atom. The maximum atomic E-state index is 11.7. The first-order valence-electron chi connectivity index (χ1n) is 4.74. The molecule has 0 N–H and O–H groups in total. The Balaban J connectivity index is 2.71. The Morgan fingerprint density at radius 3 is 2.42 bits per heavy atom. The molecule has 1 amide bonds. The molecule has 1 atom stereocenters. The molecule has 0 aliphatic carbocycles. The van der Waals surface area contributed by atoms with Crippen LogP contribution < -0.4 is 0 Å². The van der Waals surface area contributed by atoms with Crippen LogP contribution in [-0.4, -0.2) is 22.9 Å². The first-order valence-corrected chi connectivity index (χ1v) is 4.74. The van der Waals surface area contributed by atoms with E-state index in [1.165, 1.54) is 0 Å². The third-order valence-corrected chi connectivity index (χ3v) is 2.52. The van der Waals surface area contributed by atoms with Crippen molar-refractivity contribution in [2.24, 2.45) is 5.92 Å². The highest BCUT2D eigenvalue weighted by atomic mass is 16.2. The molecule has 12 heavy (non-hydrogen) atoms. The van der Waals surface area contributed by atoms with Gasteiger partial charge in [-0.1, -0.05) is 6.92 Å². The first kappa shape index (κ1) is 9.56. The predicted octanol–water partition coefficient (Wildman–Crippen LogP) is 2.04. The zero-order valence-electron chi connectivity index (χ0n) is 8.55. The van der Waals surface area contributed by atoms with Gasteiger partial charge in [0.25, 0.3) is 0 Å². The van der Waals surface area contributed by atoms with Crippen LogP contribution in [0.5, 0.6) is 0 Å². The lowest BCUT2D eigenvalue weighted by atomic mass is 9.94. The van der Waals surface area contributed by atoms with E-state index >= 15 is 0 Å². The number of hydrogen-bond donors (Lipinski definition) is 0. The van der Waals surface area contributed by atoms with Crippen molar-refractivity contribution in [3.8, 4) is 0 Å². The summed E-state index contributed by atoms with van der Waals surface area (Å²) >= 11 is 0. The van der Waals surface area contributed by atoms with Gasteiger partial charge in [-0.15, -0.1) is 0 Å². The Kier molecular flexibility index (Phi) is 2.45. The molecule has 1 aliphatic rings. The second-order valence-corrected chi connectivity index (χ2v) is 4.70. The van der Waals surface area contributed by atoms with Gasteiger partial charge in [0.1, 0.15) is 0 Å². The Hall–Kier alpha value is -0.530. The van der Waals surface area contributed by atoms with Crippen LogP contribution in [-0.2, 0) is 4.79 Å². The highest BCUT2D eigenvalue weighted by Crippen LogP contribution is 2.24. The van der Waals surface area contributed by atoms with Crippen molar-refractivity contribution in [1.29, 1.82) is 0 Å². The smallest absolute Gasteiger partial charge is 0.225 e. The highest BCUT2D eigenvalue weighted by Gasteiger charge is 2.32. The summed E-state index contributed by atoms with van der Waals surface area (Å²) in [4.78, 5) is 13.7. The van der Waals surface area contributed by atoms with E-state index in [0.717, 1.165) is 19.4 Å². The van der Waals surface area contributed by atoms with Gasteiger partial charge in [0.05, 0.1) is 0 Å². The molecule has 2 heteroatoms. The van der Waals surface area contributed by atoms with Crippen LogP contribution in [0.15, 0.2) is 0 Å². The Bertz CT molecular complexity index is 181. The molecule has 0 aromatic rings. The number of carbonyl (C=O) groups is 1. The van der Waals surface area contributed by atoms with Crippen molar-refractivity contribution in [2.45, 2.75) is 46.1 Å². The topological polar surface area (TPSA) is 20.3 Å². The molecule has 0 radical (unpaired) electrons. The average molecular weight is 169 g/mol. The summed E-state index contributed by atoms with van der Waals surface area (Å²) in [6.45, 7) is 9.27. The largest absolute Gasteiger partial charge is 0.338 e. The lowest BCUT2D eigenvalue weighted by Crippen LogP contribution is -2.50. The first-order chi connectivity index (χ1) is 5.43. The lowest BCUT2D eigenvalue weighted by molar-refractivity contribution is -0.143. The van der Waals surface area contributed by atoms with E-state index in [-0.39, 0.29) is 11.5 Å². The van der Waals surface area contributed by atoms with Gasteiger partial charge >= 0.3 is 0 Å². The van der Waals surface area contributed by atoms with Crippen molar-refractivity contribution in [1.82, 2.24) is 4.90 Å². The minimum Gasteiger partial charge on any atom is -0.338 e. The van der Waals surface area contributed by atoms with Gasteiger partial charge < -0.3 is 4.90 Å². The minimum absolute atomic E-state index is 0.00572. The normalized spacial score (nSPS) is 26.2. The number of carbonyl (C=O) groups excluding carboxylic acids is 1. The van der Waals surface area contributed by atoms with Crippen LogP contribution in [0, 0.1) is 5.92 Å². The quantitative estimate of drug-likeness (QED) is 0.543. The molecule has 1 fully saturated rings. The molecule has 0 bridgehead atoms. The molecule has 1 heterocycles. The summed E-state index contributed by atoms with van der Waals surface area (Å²) in [7, 11) is 0. The van der Waals surface area contributed by atoms with Crippen molar-refractivity contribution in [3.63, 3.8) is 0 Å². The number of rotatable bonds is 0. The van der Waals surface area contributed by atoms with Crippen molar-refractivity contribution >= 4 is 5.91 Å². The molecule has 0 unspecified atom stereocenters. The van der Waals surface area contributed by atoms with Crippen LogP contribution in [0.25, 0.3) is 0 Å².